The van der Waals surface area contributed by atoms with E-state index in [-0.39, 0.29) is 37.0 Å². The van der Waals surface area contributed by atoms with Crippen LogP contribution in [0, 0.1) is 22.7 Å². The zero-order chi connectivity index (χ0) is 54.8. The van der Waals surface area contributed by atoms with Crippen LogP contribution in [0.5, 0.6) is 0 Å². The molecule has 6 aromatic heterocycles. The Bertz CT molecular complexity index is 3400. The van der Waals surface area contributed by atoms with Crippen molar-refractivity contribution in [3.05, 3.63) is 82.4 Å². The molecule has 396 valence electrons. The molecule has 75 heavy (non-hydrogen) atoms. The number of hydrogen-bond acceptors (Lipinski definition) is 13. The Hall–Kier alpha value is -6.57. The van der Waals surface area contributed by atoms with Crippen LogP contribution in [0.1, 0.15) is 60.2 Å². The summed E-state index contributed by atoms with van der Waals surface area (Å²) < 4.78 is 18.7. The Labute approximate surface area is 448 Å². The van der Waals surface area contributed by atoms with Crippen molar-refractivity contribution < 1.29 is 24.2 Å². The normalized spacial score (nSPS) is 12.5. The van der Waals surface area contributed by atoms with Gasteiger partial charge in [-0.1, -0.05) is 62.5 Å². The Balaban J connectivity index is 0.000000219. The largest absolute Gasteiger partial charge is 0.478 e. The van der Waals surface area contributed by atoms with Crippen LogP contribution in [0.25, 0.3) is 66.9 Å². The molecule has 0 aliphatic carbocycles. The Morgan fingerprint density at radius 2 is 1.17 bits per heavy atom. The third-order valence-electron chi connectivity index (χ3n) is 11.9. The number of amides is 1. The van der Waals surface area contributed by atoms with Gasteiger partial charge >= 0.3 is 5.97 Å². The summed E-state index contributed by atoms with van der Waals surface area (Å²) in [5.74, 6) is -1.32. The molecule has 0 spiro atoms. The number of carboxylic acids is 1. The lowest BCUT2D eigenvalue weighted by Gasteiger charge is -2.15. The van der Waals surface area contributed by atoms with E-state index in [1.165, 1.54) is 6.20 Å². The molecule has 0 saturated heterocycles. The molecule has 8 rings (SSSR count). The van der Waals surface area contributed by atoms with E-state index in [2.05, 4.69) is 75.8 Å². The zero-order valence-electron chi connectivity index (χ0n) is 44.3. The van der Waals surface area contributed by atoms with Crippen molar-refractivity contribution in [1.29, 1.82) is 10.5 Å². The van der Waals surface area contributed by atoms with Gasteiger partial charge in [-0.3, -0.25) is 14.2 Å². The van der Waals surface area contributed by atoms with Gasteiger partial charge in [-0.15, -0.1) is 0 Å². The fourth-order valence-electron chi connectivity index (χ4n) is 7.72. The number of ether oxygens (including phenoxy) is 2. The highest BCUT2D eigenvalue weighted by Gasteiger charge is 2.24. The molecule has 0 unspecified atom stereocenters. The van der Waals surface area contributed by atoms with Crippen molar-refractivity contribution in [3.63, 3.8) is 0 Å². The van der Waals surface area contributed by atoms with E-state index in [1.807, 2.05) is 68.9 Å². The summed E-state index contributed by atoms with van der Waals surface area (Å²) in [6.45, 7) is 19.3. The van der Waals surface area contributed by atoms with Crippen LogP contribution in [-0.2, 0) is 37.0 Å². The lowest BCUT2D eigenvalue weighted by atomic mass is 10.1. The van der Waals surface area contributed by atoms with E-state index in [4.69, 9.17) is 53.9 Å². The standard InChI is InChI=1S/C26H32ClN7O2Si.C21H24ClN5O3Si.C5H10N2/c1-17(7-6-10-28)30-26(35)20-15-34(16-36-11-12-37(3,4)5)25-24(20)31-21(14-29-25)23-19-9-8-18(27)13-22(19)33(2)32-23;1-26-17-9-13(22)5-6-14(17)18(25-26)16-10-23-20-19(24-16)15(21(28)29)11-27(20)12-30-7-8-31(2,3)4;1-5(7)3-2-4-6/h8-9,13-15,17H,6-7,11-12,16H2,1-5H3,(H,30,35);5-6,9-11H,7-8,12H2,1-4H3,(H,28,29);5H,2-3,7H2,1H3/t17-;;5-/m1.1/s1. The number of rotatable bonds is 19. The maximum absolute atomic E-state index is 13.3. The number of carbonyl (C=O) groups excluding carboxylic acids is 1. The Kier molecular flexibility index (Phi) is 19.5. The highest BCUT2D eigenvalue weighted by molar-refractivity contribution is 6.76. The van der Waals surface area contributed by atoms with Crippen LogP contribution in [-0.4, -0.2) is 107 Å². The number of fused-ring (bicyclic) bond motifs is 4. The third-order valence-corrected chi connectivity index (χ3v) is 15.8. The topological polar surface area (TPSA) is 256 Å². The van der Waals surface area contributed by atoms with Crippen molar-refractivity contribution >= 4 is 95.4 Å². The zero-order valence-corrected chi connectivity index (χ0v) is 47.8. The predicted molar refractivity (Wildman–Crippen MR) is 300 cm³/mol. The first-order chi connectivity index (χ1) is 35.5. The molecule has 0 radical (unpaired) electrons. The Morgan fingerprint density at radius 3 is 1.59 bits per heavy atom. The summed E-state index contributed by atoms with van der Waals surface area (Å²) in [4.78, 5) is 43.8. The van der Waals surface area contributed by atoms with E-state index in [1.54, 1.807) is 38.6 Å². The molecule has 2 aromatic carbocycles. The number of aromatic nitrogens is 10. The van der Waals surface area contributed by atoms with E-state index in [9.17, 15) is 14.7 Å². The number of carboxylic acid groups (broad SMARTS) is 1. The third kappa shape index (κ3) is 15.3. The number of hydrogen-bond donors (Lipinski definition) is 3. The summed E-state index contributed by atoms with van der Waals surface area (Å²) in [7, 11) is 1.24. The minimum Gasteiger partial charge on any atom is -0.478 e. The van der Waals surface area contributed by atoms with Crippen molar-refractivity contribution in [3.8, 4) is 34.9 Å². The molecule has 8 aromatic rings. The summed E-state index contributed by atoms with van der Waals surface area (Å²) in [5, 5.41) is 41.8. The second-order valence-electron chi connectivity index (χ2n) is 20.9. The number of carbonyl (C=O) groups is 2. The van der Waals surface area contributed by atoms with E-state index < -0.39 is 22.1 Å². The van der Waals surface area contributed by atoms with Gasteiger partial charge in [-0.2, -0.15) is 20.7 Å². The molecule has 0 fully saturated rings. The van der Waals surface area contributed by atoms with Crippen LogP contribution < -0.4 is 11.1 Å². The molecular weight excluding hydrogens is 1030 g/mol. The molecule has 0 aliphatic rings. The summed E-state index contributed by atoms with van der Waals surface area (Å²) >= 11 is 12.3. The van der Waals surface area contributed by atoms with Gasteiger partial charge in [-0.05, 0) is 75.2 Å². The molecule has 23 heteroatoms. The van der Waals surface area contributed by atoms with Crippen LogP contribution in [0.3, 0.4) is 0 Å². The molecule has 6 heterocycles. The lowest BCUT2D eigenvalue weighted by molar-refractivity contribution is 0.0695. The Morgan fingerprint density at radius 1 is 0.733 bits per heavy atom. The van der Waals surface area contributed by atoms with Gasteiger partial charge in [-0.25, -0.2) is 24.7 Å². The highest BCUT2D eigenvalue weighted by Crippen LogP contribution is 2.32. The van der Waals surface area contributed by atoms with E-state index in [0.29, 0.717) is 93.2 Å². The van der Waals surface area contributed by atoms with Gasteiger partial charge in [0.2, 0.25) is 0 Å². The number of nitriles is 2. The molecule has 0 saturated carbocycles. The minimum absolute atomic E-state index is 0.0847. The SMILES string of the molecule is C[C@@H](N)CCC#N.C[C@H](CCC#N)NC(=O)c1cn(COCC[Si](C)(C)C)c2ncc(-c3nn(C)c4cc(Cl)ccc34)nc12.Cn1nc(-c2cnc3c(n2)c(C(=O)O)cn3COCC[Si](C)(C)C)c2ccc(Cl)cc21. The molecule has 1 amide bonds. The first kappa shape index (κ1) is 57.7. The highest BCUT2D eigenvalue weighted by atomic mass is 35.5. The average Bonchev–Trinajstić information content (AvgIpc) is 4.10. The molecule has 0 aliphatic heterocycles. The number of nitrogens with zero attached hydrogens (tertiary/aromatic N) is 12. The first-order valence-corrected chi connectivity index (χ1v) is 32.8. The monoisotopic (exact) mass is 1090 g/mol. The molecule has 19 nitrogen and oxygen atoms in total. The predicted octanol–water partition coefficient (Wildman–Crippen LogP) is 10.7. The molecule has 2 atom stereocenters. The fourth-order valence-corrected chi connectivity index (χ4v) is 9.57. The number of halogens is 2. The van der Waals surface area contributed by atoms with Gasteiger partial charge in [0.05, 0.1) is 41.1 Å². The van der Waals surface area contributed by atoms with Crippen molar-refractivity contribution in [2.75, 3.05) is 13.2 Å². The van der Waals surface area contributed by atoms with Crippen LogP contribution in [0.15, 0.2) is 61.2 Å². The van der Waals surface area contributed by atoms with E-state index >= 15 is 0 Å². The van der Waals surface area contributed by atoms with Gasteiger partial charge in [0.1, 0.15) is 52.8 Å². The second-order valence-corrected chi connectivity index (χ2v) is 33.0. The van der Waals surface area contributed by atoms with Crippen LogP contribution in [0.2, 0.25) is 61.4 Å². The molecule has 4 N–H and O–H groups in total. The van der Waals surface area contributed by atoms with Crippen molar-refractivity contribution in [2.24, 2.45) is 19.8 Å². The first-order valence-electron chi connectivity index (χ1n) is 24.6. The van der Waals surface area contributed by atoms with Crippen LogP contribution in [0.4, 0.5) is 0 Å². The number of nitrogens with one attached hydrogen (secondary N) is 1. The number of aromatic carboxylic acids is 1. The van der Waals surface area contributed by atoms with Gasteiger partial charge in [0.25, 0.3) is 5.91 Å². The van der Waals surface area contributed by atoms with Crippen LogP contribution >= 0.6 is 23.2 Å². The second kappa shape index (κ2) is 25.3. The van der Waals surface area contributed by atoms with E-state index in [0.717, 1.165) is 40.3 Å². The quantitative estimate of drug-likeness (QED) is 0.0503. The average molecular weight is 1090 g/mol. The molecule has 0 bridgehead atoms. The minimum atomic E-state index is -1.23. The maximum Gasteiger partial charge on any atom is 0.339 e. The van der Waals surface area contributed by atoms with Gasteiger partial charge in [0, 0.05) is 102 Å². The van der Waals surface area contributed by atoms with Gasteiger partial charge in [0.15, 0.2) is 11.3 Å². The fraction of sp³-hybridized carbons (Fsp3) is 0.423. The smallest absolute Gasteiger partial charge is 0.339 e. The van der Waals surface area contributed by atoms with Crippen molar-refractivity contribution in [2.45, 2.75) is 116 Å². The summed E-state index contributed by atoms with van der Waals surface area (Å²) in [6, 6.07) is 17.3. The number of aryl methyl sites for hydroxylation is 2. The lowest BCUT2D eigenvalue weighted by Crippen LogP contribution is -2.32. The number of nitrogens with two attached hydrogens (primary N) is 1. The maximum atomic E-state index is 13.3. The summed E-state index contributed by atoms with van der Waals surface area (Å²) in [5.41, 5.74) is 11.7. The summed E-state index contributed by atoms with van der Waals surface area (Å²) in [6.07, 6.45) is 8.90. The van der Waals surface area contributed by atoms with Gasteiger partial charge < -0.3 is 34.8 Å². The molecular formula is C52H66Cl2N14O5Si2. The number of benzene rings is 2. The van der Waals surface area contributed by atoms with Crippen molar-refractivity contribution in [1.82, 2.24) is 53.9 Å².